The summed E-state index contributed by atoms with van der Waals surface area (Å²) in [4.78, 5) is 17.3. The molecule has 0 unspecified atom stereocenters. The van der Waals surface area contributed by atoms with Crippen LogP contribution in [-0.4, -0.2) is 21.5 Å². The second-order valence-electron chi connectivity index (χ2n) is 6.81. The number of imidazole rings is 1. The Morgan fingerprint density at radius 3 is 2.56 bits per heavy atom. The Morgan fingerprint density at radius 1 is 1.04 bits per heavy atom. The number of nitrogens with one attached hydrogen (secondary N) is 1. The SMILES string of the molecule is O=C(Cn1c(Cc2ccccc2)nc2ccccc21)NC1CCCC1. The number of para-hydroxylation sites is 2. The van der Waals surface area contributed by atoms with Crippen LogP contribution in [0.4, 0.5) is 0 Å². The molecule has 1 aliphatic carbocycles. The van der Waals surface area contributed by atoms with Gasteiger partial charge in [0.05, 0.1) is 11.0 Å². The van der Waals surface area contributed by atoms with E-state index in [4.69, 9.17) is 4.98 Å². The van der Waals surface area contributed by atoms with Crippen LogP contribution in [-0.2, 0) is 17.8 Å². The van der Waals surface area contributed by atoms with Gasteiger partial charge in [-0.15, -0.1) is 0 Å². The summed E-state index contributed by atoms with van der Waals surface area (Å²) in [6, 6.07) is 18.7. The lowest BCUT2D eigenvalue weighted by molar-refractivity contribution is -0.122. The minimum absolute atomic E-state index is 0.0874. The molecule has 0 spiro atoms. The van der Waals surface area contributed by atoms with Crippen LogP contribution in [0.15, 0.2) is 54.6 Å². The number of carbonyl (C=O) groups is 1. The maximum Gasteiger partial charge on any atom is 0.240 e. The zero-order valence-electron chi connectivity index (χ0n) is 14.3. The third kappa shape index (κ3) is 3.58. The molecule has 1 heterocycles. The van der Waals surface area contributed by atoms with Crippen molar-refractivity contribution in [1.82, 2.24) is 14.9 Å². The molecule has 25 heavy (non-hydrogen) atoms. The number of fused-ring (bicyclic) bond motifs is 1. The van der Waals surface area contributed by atoms with E-state index >= 15 is 0 Å². The summed E-state index contributed by atoms with van der Waals surface area (Å²) in [5.41, 5.74) is 3.17. The molecule has 0 atom stereocenters. The molecule has 4 rings (SSSR count). The minimum Gasteiger partial charge on any atom is -0.352 e. The van der Waals surface area contributed by atoms with E-state index < -0.39 is 0 Å². The lowest BCUT2D eigenvalue weighted by Crippen LogP contribution is -2.35. The fourth-order valence-corrected chi connectivity index (χ4v) is 3.70. The van der Waals surface area contributed by atoms with Crippen LogP contribution in [0.1, 0.15) is 37.1 Å². The van der Waals surface area contributed by atoms with E-state index in [0.717, 1.165) is 36.1 Å². The van der Waals surface area contributed by atoms with Crippen LogP contribution in [0.2, 0.25) is 0 Å². The van der Waals surface area contributed by atoms with Crippen LogP contribution in [0.25, 0.3) is 11.0 Å². The second-order valence-corrected chi connectivity index (χ2v) is 6.81. The maximum atomic E-state index is 12.6. The van der Waals surface area contributed by atoms with Crippen molar-refractivity contribution in [3.05, 3.63) is 66.0 Å². The normalized spacial score (nSPS) is 14.9. The lowest BCUT2D eigenvalue weighted by Gasteiger charge is -2.14. The van der Waals surface area contributed by atoms with Crippen LogP contribution in [0.5, 0.6) is 0 Å². The molecule has 0 bridgehead atoms. The van der Waals surface area contributed by atoms with E-state index in [1.54, 1.807) is 0 Å². The first-order valence-electron chi connectivity index (χ1n) is 9.07. The Bertz CT molecular complexity index is 863. The van der Waals surface area contributed by atoms with Gasteiger partial charge in [0, 0.05) is 12.5 Å². The first kappa shape index (κ1) is 15.9. The number of aromatic nitrogens is 2. The van der Waals surface area contributed by atoms with E-state index in [9.17, 15) is 4.79 Å². The van der Waals surface area contributed by atoms with Crippen molar-refractivity contribution >= 4 is 16.9 Å². The number of nitrogens with zero attached hydrogens (tertiary/aromatic N) is 2. The standard InChI is InChI=1S/C21H23N3O/c25-21(22-17-10-4-5-11-17)15-24-19-13-7-6-12-18(19)23-20(24)14-16-8-2-1-3-9-16/h1-3,6-9,12-13,17H,4-5,10-11,14-15H2,(H,22,25). The summed E-state index contributed by atoms with van der Waals surface area (Å²) in [5.74, 6) is 1.03. The average molecular weight is 333 g/mol. The molecule has 1 saturated carbocycles. The molecule has 1 aliphatic rings. The average Bonchev–Trinajstić information content (AvgIpc) is 3.25. The van der Waals surface area contributed by atoms with Gasteiger partial charge >= 0.3 is 0 Å². The summed E-state index contributed by atoms with van der Waals surface area (Å²) >= 11 is 0. The number of carbonyl (C=O) groups excluding carboxylic acids is 1. The molecule has 0 aliphatic heterocycles. The highest BCUT2D eigenvalue weighted by atomic mass is 16.2. The number of hydrogen-bond donors (Lipinski definition) is 1. The van der Waals surface area contributed by atoms with Gasteiger partial charge in [0.1, 0.15) is 12.4 Å². The van der Waals surface area contributed by atoms with E-state index in [-0.39, 0.29) is 5.91 Å². The molecule has 3 aromatic rings. The molecule has 0 saturated heterocycles. The summed E-state index contributed by atoms with van der Waals surface area (Å²) < 4.78 is 2.06. The monoisotopic (exact) mass is 333 g/mol. The third-order valence-electron chi connectivity index (χ3n) is 4.96. The maximum absolute atomic E-state index is 12.6. The minimum atomic E-state index is 0.0874. The Balaban J connectivity index is 1.61. The lowest BCUT2D eigenvalue weighted by atomic mass is 10.1. The highest BCUT2D eigenvalue weighted by Gasteiger charge is 2.19. The van der Waals surface area contributed by atoms with Gasteiger partial charge in [0.25, 0.3) is 0 Å². The number of amides is 1. The summed E-state index contributed by atoms with van der Waals surface area (Å²) in [6.45, 7) is 0.333. The number of rotatable bonds is 5. The fraction of sp³-hybridized carbons (Fsp3) is 0.333. The van der Waals surface area contributed by atoms with E-state index in [0.29, 0.717) is 12.6 Å². The van der Waals surface area contributed by atoms with Crippen LogP contribution >= 0.6 is 0 Å². The summed E-state index contributed by atoms with van der Waals surface area (Å²) in [5, 5.41) is 3.19. The van der Waals surface area contributed by atoms with Crippen molar-refractivity contribution < 1.29 is 4.79 Å². The molecule has 1 amide bonds. The molecule has 1 N–H and O–H groups in total. The van der Waals surface area contributed by atoms with E-state index in [2.05, 4.69) is 22.0 Å². The summed E-state index contributed by atoms with van der Waals surface area (Å²) in [7, 11) is 0. The van der Waals surface area contributed by atoms with Gasteiger partial charge in [-0.3, -0.25) is 4.79 Å². The van der Waals surface area contributed by atoms with Gasteiger partial charge in [0.15, 0.2) is 0 Å². The predicted octanol–water partition coefficient (Wildman–Crippen LogP) is 3.69. The zero-order valence-corrected chi connectivity index (χ0v) is 14.3. The van der Waals surface area contributed by atoms with Gasteiger partial charge < -0.3 is 9.88 Å². The zero-order chi connectivity index (χ0) is 17.1. The third-order valence-corrected chi connectivity index (χ3v) is 4.96. The molecule has 0 radical (unpaired) electrons. The van der Waals surface area contributed by atoms with Crippen molar-refractivity contribution in [3.8, 4) is 0 Å². The molecule has 1 aromatic heterocycles. The molecule has 128 valence electrons. The van der Waals surface area contributed by atoms with Gasteiger partial charge in [-0.25, -0.2) is 4.98 Å². The van der Waals surface area contributed by atoms with Crippen LogP contribution in [0, 0.1) is 0 Å². The summed E-state index contributed by atoms with van der Waals surface area (Å²) in [6.07, 6.45) is 5.38. The molecular weight excluding hydrogens is 310 g/mol. The smallest absolute Gasteiger partial charge is 0.240 e. The molecule has 4 nitrogen and oxygen atoms in total. The number of hydrogen-bond acceptors (Lipinski definition) is 2. The van der Waals surface area contributed by atoms with Crippen molar-refractivity contribution in [2.24, 2.45) is 0 Å². The highest BCUT2D eigenvalue weighted by molar-refractivity contribution is 5.81. The van der Waals surface area contributed by atoms with E-state index in [1.165, 1.54) is 18.4 Å². The Morgan fingerprint density at radius 2 is 1.76 bits per heavy atom. The van der Waals surface area contributed by atoms with Gasteiger partial charge in [-0.1, -0.05) is 55.3 Å². The van der Waals surface area contributed by atoms with Gasteiger partial charge in [-0.2, -0.15) is 0 Å². The van der Waals surface area contributed by atoms with Crippen LogP contribution in [0.3, 0.4) is 0 Å². The molecular formula is C21H23N3O. The quantitative estimate of drug-likeness (QED) is 0.774. The molecule has 2 aromatic carbocycles. The largest absolute Gasteiger partial charge is 0.352 e. The van der Waals surface area contributed by atoms with Gasteiger partial charge in [-0.05, 0) is 30.5 Å². The first-order chi connectivity index (χ1) is 12.3. The highest BCUT2D eigenvalue weighted by Crippen LogP contribution is 2.20. The molecule has 4 heteroatoms. The van der Waals surface area contributed by atoms with Crippen molar-refractivity contribution in [1.29, 1.82) is 0 Å². The van der Waals surface area contributed by atoms with E-state index in [1.807, 2.05) is 42.5 Å². The Kier molecular flexibility index (Phi) is 4.51. The van der Waals surface area contributed by atoms with Crippen molar-refractivity contribution in [2.45, 2.75) is 44.7 Å². The van der Waals surface area contributed by atoms with Gasteiger partial charge in [0.2, 0.25) is 5.91 Å². The topological polar surface area (TPSA) is 46.9 Å². The first-order valence-corrected chi connectivity index (χ1v) is 9.07. The fourth-order valence-electron chi connectivity index (χ4n) is 3.70. The number of benzene rings is 2. The second kappa shape index (κ2) is 7.09. The van der Waals surface area contributed by atoms with Crippen LogP contribution < -0.4 is 5.32 Å². The Labute approximate surface area is 147 Å². The molecule has 1 fully saturated rings. The van der Waals surface area contributed by atoms with Crippen molar-refractivity contribution in [2.75, 3.05) is 0 Å². The Hall–Kier alpha value is -2.62. The van der Waals surface area contributed by atoms with Crippen molar-refractivity contribution in [3.63, 3.8) is 0 Å². The predicted molar refractivity (Wildman–Crippen MR) is 99.4 cm³/mol.